The number of benzene rings is 1. The number of esters is 1. The van der Waals surface area contributed by atoms with Crippen LogP contribution in [0.25, 0.3) is 0 Å². The molecule has 1 fully saturated rings. The number of methoxy groups -OCH3 is 1. The third-order valence-corrected chi connectivity index (χ3v) is 3.46. The van der Waals surface area contributed by atoms with Gasteiger partial charge in [0.15, 0.2) is 0 Å². The van der Waals surface area contributed by atoms with Gasteiger partial charge in [-0.15, -0.1) is 0 Å². The Kier molecular flexibility index (Phi) is 5.40. The number of primary amides is 1. The number of rotatable bonds is 4. The molecule has 1 aromatic rings. The molecule has 0 radical (unpaired) electrons. The summed E-state index contributed by atoms with van der Waals surface area (Å²) in [6.45, 7) is 0.0989. The smallest absolute Gasteiger partial charge is 0.410 e. The van der Waals surface area contributed by atoms with Crippen LogP contribution < -0.4 is 5.73 Å². The highest BCUT2D eigenvalue weighted by Crippen LogP contribution is 2.23. The summed E-state index contributed by atoms with van der Waals surface area (Å²) in [7, 11) is 1.22. The number of hydrogen-bond donors (Lipinski definition) is 1. The number of nitrogens with zero attached hydrogens (tertiary/aromatic N) is 1. The van der Waals surface area contributed by atoms with E-state index < -0.39 is 30.3 Å². The molecule has 2 amide bonds. The average Bonchev–Trinajstić information content (AvgIpc) is 2.96. The number of carbonyl (C=O) groups is 3. The van der Waals surface area contributed by atoms with Crippen molar-refractivity contribution in [2.24, 2.45) is 5.73 Å². The summed E-state index contributed by atoms with van der Waals surface area (Å²) in [5.41, 5.74) is 5.79. The Morgan fingerprint density at radius 1 is 1.26 bits per heavy atom. The molecule has 0 spiro atoms. The molecule has 23 heavy (non-hydrogen) atoms. The van der Waals surface area contributed by atoms with E-state index in [1.165, 1.54) is 12.0 Å². The lowest BCUT2D eigenvalue weighted by Crippen LogP contribution is -2.41. The quantitative estimate of drug-likeness (QED) is 0.655. The highest BCUT2D eigenvalue weighted by atomic mass is 16.6. The second-order valence-electron chi connectivity index (χ2n) is 5.03. The molecule has 0 bridgehead atoms. The zero-order chi connectivity index (χ0) is 16.8. The fraction of sp³-hybridized carbons (Fsp3) is 0.400. The number of ether oxygens (including phenoxy) is 3. The average molecular weight is 322 g/mol. The van der Waals surface area contributed by atoms with Crippen molar-refractivity contribution in [3.05, 3.63) is 35.9 Å². The van der Waals surface area contributed by atoms with E-state index in [9.17, 15) is 14.4 Å². The van der Waals surface area contributed by atoms with Crippen LogP contribution in [0.2, 0.25) is 0 Å². The Bertz CT molecular complexity index is 577. The van der Waals surface area contributed by atoms with E-state index in [0.717, 1.165) is 5.56 Å². The molecule has 1 saturated heterocycles. The predicted molar refractivity (Wildman–Crippen MR) is 78.2 cm³/mol. The molecule has 0 saturated carbocycles. The third-order valence-electron chi connectivity index (χ3n) is 3.46. The summed E-state index contributed by atoms with van der Waals surface area (Å²) >= 11 is 0. The van der Waals surface area contributed by atoms with Crippen molar-refractivity contribution >= 4 is 18.2 Å². The second-order valence-corrected chi connectivity index (χ2v) is 5.03. The van der Waals surface area contributed by atoms with Crippen molar-refractivity contribution in [1.29, 1.82) is 0 Å². The fourth-order valence-electron chi connectivity index (χ4n) is 2.41. The van der Waals surface area contributed by atoms with Gasteiger partial charge in [0.1, 0.15) is 18.8 Å². The summed E-state index contributed by atoms with van der Waals surface area (Å²) < 4.78 is 14.7. The minimum absolute atomic E-state index is 0.0241. The van der Waals surface area contributed by atoms with Crippen molar-refractivity contribution in [3.63, 3.8) is 0 Å². The number of carbonyl (C=O) groups excluding carboxylic acids is 3. The van der Waals surface area contributed by atoms with Crippen LogP contribution >= 0.6 is 0 Å². The number of hydrogen-bond acceptors (Lipinski definition) is 6. The maximum atomic E-state index is 12.2. The first-order chi connectivity index (χ1) is 11.0. The highest BCUT2D eigenvalue weighted by Gasteiger charge is 2.42. The first kappa shape index (κ1) is 16.6. The van der Waals surface area contributed by atoms with Gasteiger partial charge in [0, 0.05) is 6.42 Å². The van der Waals surface area contributed by atoms with Crippen LogP contribution in [0.4, 0.5) is 9.59 Å². The SMILES string of the molecule is COC(=O)[C@@H]1C[C@@H](OC(N)=O)CN1C(=O)OCc1ccccc1. The van der Waals surface area contributed by atoms with Gasteiger partial charge in [-0.1, -0.05) is 30.3 Å². The van der Waals surface area contributed by atoms with E-state index in [2.05, 4.69) is 4.74 Å². The maximum absolute atomic E-state index is 12.2. The summed E-state index contributed by atoms with van der Waals surface area (Å²) in [4.78, 5) is 36.0. The topological polar surface area (TPSA) is 108 Å². The van der Waals surface area contributed by atoms with Crippen molar-refractivity contribution < 1.29 is 28.6 Å². The summed E-state index contributed by atoms with van der Waals surface area (Å²) in [5, 5.41) is 0. The molecule has 1 heterocycles. The molecule has 1 aliphatic rings. The number of amides is 2. The van der Waals surface area contributed by atoms with Crippen LogP contribution in [0.3, 0.4) is 0 Å². The van der Waals surface area contributed by atoms with Crippen molar-refractivity contribution in [1.82, 2.24) is 4.90 Å². The van der Waals surface area contributed by atoms with Gasteiger partial charge < -0.3 is 19.9 Å². The molecule has 2 N–H and O–H groups in total. The minimum atomic E-state index is -0.960. The zero-order valence-electron chi connectivity index (χ0n) is 12.6. The van der Waals surface area contributed by atoms with Crippen LogP contribution in [-0.4, -0.2) is 48.9 Å². The Morgan fingerprint density at radius 2 is 1.96 bits per heavy atom. The van der Waals surface area contributed by atoms with Crippen LogP contribution in [0.5, 0.6) is 0 Å². The maximum Gasteiger partial charge on any atom is 0.410 e. The molecule has 0 aliphatic carbocycles. The minimum Gasteiger partial charge on any atom is -0.467 e. The first-order valence-electron chi connectivity index (χ1n) is 7.02. The zero-order valence-corrected chi connectivity index (χ0v) is 12.6. The van der Waals surface area contributed by atoms with Crippen molar-refractivity contribution in [2.45, 2.75) is 25.2 Å². The molecule has 0 unspecified atom stereocenters. The van der Waals surface area contributed by atoms with Crippen LogP contribution in [0.1, 0.15) is 12.0 Å². The van der Waals surface area contributed by atoms with Gasteiger partial charge in [0.05, 0.1) is 13.7 Å². The van der Waals surface area contributed by atoms with Gasteiger partial charge in [0.25, 0.3) is 0 Å². The van der Waals surface area contributed by atoms with Gasteiger partial charge in [0.2, 0.25) is 0 Å². The van der Waals surface area contributed by atoms with Gasteiger partial charge in [-0.05, 0) is 5.56 Å². The van der Waals surface area contributed by atoms with Crippen molar-refractivity contribution in [2.75, 3.05) is 13.7 Å². The lowest BCUT2D eigenvalue weighted by Gasteiger charge is -2.21. The Balaban J connectivity index is 2.00. The largest absolute Gasteiger partial charge is 0.467 e. The molecule has 2 atom stereocenters. The van der Waals surface area contributed by atoms with Crippen LogP contribution in [0.15, 0.2) is 30.3 Å². The molecule has 2 rings (SSSR count). The fourth-order valence-corrected chi connectivity index (χ4v) is 2.41. The molecular formula is C15H18N2O6. The molecule has 1 aliphatic heterocycles. The lowest BCUT2D eigenvalue weighted by atomic mass is 10.2. The Hall–Kier alpha value is -2.77. The van der Waals surface area contributed by atoms with Crippen LogP contribution in [0, 0.1) is 0 Å². The molecule has 8 nitrogen and oxygen atoms in total. The van der Waals surface area contributed by atoms with Gasteiger partial charge in [-0.25, -0.2) is 14.4 Å². The highest BCUT2D eigenvalue weighted by molar-refractivity contribution is 5.82. The van der Waals surface area contributed by atoms with E-state index >= 15 is 0 Å². The van der Waals surface area contributed by atoms with Gasteiger partial charge in [-0.3, -0.25) is 4.90 Å². The number of nitrogens with two attached hydrogens (primary N) is 1. The standard InChI is InChI=1S/C15H18N2O6/c1-21-13(18)12-7-11(23-14(16)19)8-17(12)15(20)22-9-10-5-3-2-4-6-10/h2-6,11-12H,7-9H2,1H3,(H2,16,19)/t11-,12+/m1/s1. The molecule has 1 aromatic carbocycles. The Labute approximate surface area is 133 Å². The van der Waals surface area contributed by atoms with E-state index in [1.54, 1.807) is 0 Å². The van der Waals surface area contributed by atoms with E-state index in [1.807, 2.05) is 30.3 Å². The van der Waals surface area contributed by atoms with E-state index in [-0.39, 0.29) is 19.6 Å². The monoisotopic (exact) mass is 322 g/mol. The second kappa shape index (κ2) is 7.48. The summed E-state index contributed by atoms with van der Waals surface area (Å²) in [5.74, 6) is -0.600. The lowest BCUT2D eigenvalue weighted by molar-refractivity contribution is -0.145. The van der Waals surface area contributed by atoms with E-state index in [0.29, 0.717) is 0 Å². The predicted octanol–water partition coefficient (Wildman–Crippen LogP) is 1.03. The normalized spacial score (nSPS) is 20.0. The van der Waals surface area contributed by atoms with Crippen LogP contribution in [-0.2, 0) is 25.6 Å². The summed E-state index contributed by atoms with van der Waals surface area (Å²) in [6.07, 6.45) is -2.19. The Morgan fingerprint density at radius 3 is 2.57 bits per heavy atom. The molecular weight excluding hydrogens is 304 g/mol. The van der Waals surface area contributed by atoms with Gasteiger partial charge in [-0.2, -0.15) is 0 Å². The van der Waals surface area contributed by atoms with Gasteiger partial charge >= 0.3 is 18.2 Å². The summed E-state index contributed by atoms with van der Waals surface area (Å²) in [6, 6.07) is 8.26. The number of likely N-dealkylation sites (tertiary alicyclic amines) is 1. The third kappa shape index (κ3) is 4.35. The molecule has 8 heteroatoms. The van der Waals surface area contributed by atoms with Crippen molar-refractivity contribution in [3.8, 4) is 0 Å². The molecule has 124 valence electrons. The first-order valence-corrected chi connectivity index (χ1v) is 7.02. The van der Waals surface area contributed by atoms with E-state index in [4.69, 9.17) is 15.2 Å². The molecule has 0 aromatic heterocycles.